The molecule has 0 saturated carbocycles. The predicted molar refractivity (Wildman–Crippen MR) is 105 cm³/mol. The molecule has 0 saturated heterocycles. The molecule has 2 aromatic rings. The molecule has 6 nitrogen and oxygen atoms in total. The smallest absolute Gasteiger partial charge is 0.130 e. The van der Waals surface area contributed by atoms with Crippen molar-refractivity contribution in [1.29, 1.82) is 10.5 Å². The van der Waals surface area contributed by atoms with E-state index in [9.17, 15) is 10.5 Å². The Morgan fingerprint density at radius 3 is 2.85 bits per heavy atom. The van der Waals surface area contributed by atoms with Crippen LogP contribution in [-0.4, -0.2) is 28.7 Å². The Bertz CT molecular complexity index is 1050. The minimum atomic E-state index is -0.296. The number of nitrogens with one attached hydrogen (secondary N) is 2. The maximum atomic E-state index is 10.1. The number of fused-ring (bicyclic) bond motifs is 1. The van der Waals surface area contributed by atoms with Gasteiger partial charge >= 0.3 is 0 Å². The zero-order valence-electron chi connectivity index (χ0n) is 14.8. The number of aromatic nitrogens is 2. The van der Waals surface area contributed by atoms with Crippen LogP contribution in [0.2, 0.25) is 0 Å². The lowest BCUT2D eigenvalue weighted by Gasteiger charge is -2.31. The fourth-order valence-electron chi connectivity index (χ4n) is 3.77. The predicted octanol–water partition coefficient (Wildman–Crippen LogP) is 3.99. The number of nitriles is 2. The molecule has 1 aromatic heterocycles. The summed E-state index contributed by atoms with van der Waals surface area (Å²) in [6.45, 7) is 1.01. The van der Waals surface area contributed by atoms with Gasteiger partial charge in [-0.25, -0.2) is 0 Å². The highest BCUT2D eigenvalue weighted by molar-refractivity contribution is 9.10. The molecule has 3 heterocycles. The number of hydrogen-bond donors (Lipinski definition) is 2. The molecule has 2 N–H and O–H groups in total. The lowest BCUT2D eigenvalue weighted by atomic mass is 9.81. The number of hydrogen-bond acceptors (Lipinski definition) is 5. The number of nitrogens with zero attached hydrogens (tertiary/aromatic N) is 4. The summed E-state index contributed by atoms with van der Waals surface area (Å²) in [5.41, 5.74) is 4.92. The zero-order valence-corrected chi connectivity index (χ0v) is 16.3. The maximum Gasteiger partial charge on any atom is 0.130 e. The van der Waals surface area contributed by atoms with Crippen LogP contribution in [0.1, 0.15) is 35.4 Å². The van der Waals surface area contributed by atoms with E-state index in [-0.39, 0.29) is 5.92 Å². The molecule has 0 spiro atoms. The molecule has 1 atom stereocenters. The van der Waals surface area contributed by atoms with Gasteiger partial charge in [-0.05, 0) is 46.0 Å². The Labute approximate surface area is 165 Å². The van der Waals surface area contributed by atoms with Crippen molar-refractivity contribution in [3.8, 4) is 12.1 Å². The molecule has 0 aliphatic carbocycles. The van der Waals surface area contributed by atoms with Crippen molar-refractivity contribution >= 4 is 21.7 Å². The first-order valence-corrected chi connectivity index (χ1v) is 9.47. The average molecular weight is 421 g/mol. The Kier molecular flexibility index (Phi) is 4.47. The quantitative estimate of drug-likeness (QED) is 0.765. The van der Waals surface area contributed by atoms with Gasteiger partial charge < -0.3 is 10.2 Å². The molecule has 134 valence electrons. The largest absolute Gasteiger partial charge is 0.380 e. The number of H-pyrrole nitrogens is 1. The molecule has 0 bridgehead atoms. The molecule has 0 fully saturated rings. The van der Waals surface area contributed by atoms with E-state index in [2.05, 4.69) is 54.7 Å². The van der Waals surface area contributed by atoms with E-state index in [0.717, 1.165) is 47.6 Å². The van der Waals surface area contributed by atoms with Gasteiger partial charge in [0.2, 0.25) is 0 Å². The molecule has 1 unspecified atom stereocenters. The van der Waals surface area contributed by atoms with Gasteiger partial charge in [0, 0.05) is 29.8 Å². The van der Waals surface area contributed by atoms with Crippen LogP contribution in [0.5, 0.6) is 0 Å². The lowest BCUT2D eigenvalue weighted by Crippen LogP contribution is -2.24. The molecular formula is C20H17BrN6. The van der Waals surface area contributed by atoms with E-state index in [1.165, 1.54) is 0 Å². The second kappa shape index (κ2) is 6.94. The van der Waals surface area contributed by atoms with Crippen LogP contribution in [0, 0.1) is 22.7 Å². The summed E-state index contributed by atoms with van der Waals surface area (Å²) >= 11 is 3.57. The first-order valence-electron chi connectivity index (χ1n) is 8.68. The van der Waals surface area contributed by atoms with Crippen LogP contribution in [0.15, 0.2) is 51.9 Å². The van der Waals surface area contributed by atoms with Gasteiger partial charge in [-0.3, -0.25) is 5.10 Å². The third-order valence-electron chi connectivity index (χ3n) is 5.02. The Balaban J connectivity index is 1.94. The molecular weight excluding hydrogens is 404 g/mol. The van der Waals surface area contributed by atoms with Crippen LogP contribution in [0.4, 0.5) is 5.82 Å². The Morgan fingerprint density at radius 1 is 1.26 bits per heavy atom. The topological polar surface area (TPSA) is 91.5 Å². The number of allylic oxidation sites excluding steroid dienone is 2. The lowest BCUT2D eigenvalue weighted by molar-refractivity contribution is 0.418. The fourth-order valence-corrected chi connectivity index (χ4v) is 4.35. The molecule has 7 heteroatoms. The van der Waals surface area contributed by atoms with Crippen molar-refractivity contribution in [2.45, 2.75) is 18.8 Å². The summed E-state index contributed by atoms with van der Waals surface area (Å²) in [6, 6.07) is 10.2. The molecule has 2 aliphatic heterocycles. The van der Waals surface area contributed by atoms with Crippen LogP contribution in [-0.2, 0) is 0 Å². The van der Waals surface area contributed by atoms with Gasteiger partial charge in [0.1, 0.15) is 11.9 Å². The fraction of sp³-hybridized carbons (Fsp3) is 0.250. The summed E-state index contributed by atoms with van der Waals surface area (Å²) in [5, 5.41) is 30.0. The highest BCUT2D eigenvalue weighted by Crippen LogP contribution is 2.45. The summed E-state index contributed by atoms with van der Waals surface area (Å²) in [7, 11) is 2.04. The van der Waals surface area contributed by atoms with E-state index in [4.69, 9.17) is 0 Å². The van der Waals surface area contributed by atoms with E-state index in [0.29, 0.717) is 15.6 Å². The van der Waals surface area contributed by atoms with E-state index in [1.807, 2.05) is 19.2 Å². The van der Waals surface area contributed by atoms with Gasteiger partial charge in [0.05, 0.1) is 35.0 Å². The highest BCUT2D eigenvalue weighted by atomic mass is 79.9. The first kappa shape index (κ1) is 17.4. The molecule has 1 aromatic carbocycles. The Hall–Kier alpha value is -3.03. The van der Waals surface area contributed by atoms with Gasteiger partial charge in [-0.2, -0.15) is 15.6 Å². The number of benzene rings is 1. The third-order valence-corrected chi connectivity index (χ3v) is 5.91. The van der Waals surface area contributed by atoms with Crippen molar-refractivity contribution in [1.82, 2.24) is 15.1 Å². The van der Waals surface area contributed by atoms with Crippen LogP contribution >= 0.6 is 15.9 Å². The molecule has 27 heavy (non-hydrogen) atoms. The maximum absolute atomic E-state index is 10.1. The van der Waals surface area contributed by atoms with E-state index in [1.54, 1.807) is 12.3 Å². The van der Waals surface area contributed by atoms with E-state index < -0.39 is 0 Å². The van der Waals surface area contributed by atoms with Gasteiger partial charge in [0.15, 0.2) is 0 Å². The number of aromatic amines is 1. The molecule has 0 radical (unpaired) electrons. The summed E-state index contributed by atoms with van der Waals surface area (Å²) in [6.07, 6.45) is 5.80. The van der Waals surface area contributed by atoms with Gasteiger partial charge in [0.25, 0.3) is 0 Å². The van der Waals surface area contributed by atoms with E-state index >= 15 is 0 Å². The van der Waals surface area contributed by atoms with Gasteiger partial charge in [-0.15, -0.1) is 0 Å². The Morgan fingerprint density at radius 2 is 2.11 bits per heavy atom. The molecule has 2 aliphatic rings. The van der Waals surface area contributed by atoms with Crippen LogP contribution in [0.25, 0.3) is 0 Å². The highest BCUT2D eigenvalue weighted by Gasteiger charge is 2.34. The minimum Gasteiger partial charge on any atom is -0.380 e. The minimum absolute atomic E-state index is 0.296. The normalized spacial score (nSPS) is 18.9. The van der Waals surface area contributed by atoms with Crippen molar-refractivity contribution in [2.75, 3.05) is 18.9 Å². The average Bonchev–Trinajstić information content (AvgIpc) is 3.15. The standard InChI is InChI=1S/C20H17BrN6/c1-27-7-3-5-13(11-27)19-15(9-23)17(16-10-24-26-20(16)25-19)14-6-2-4-12(8-22)18(14)21/h2,4,6,10-11,17H,3,5,7H2,1H3,(H2,24,25,26). The molecule has 0 amide bonds. The second-order valence-electron chi connectivity index (χ2n) is 6.72. The molecule has 4 rings (SSSR count). The SMILES string of the molecule is CN1C=C(C2=C(C#N)C(c3cccc(C#N)c3Br)c3cn[nH]c3N2)CCC1. The zero-order chi connectivity index (χ0) is 19.0. The van der Waals surface area contributed by atoms with Crippen molar-refractivity contribution < 1.29 is 0 Å². The monoisotopic (exact) mass is 420 g/mol. The number of anilines is 1. The second-order valence-corrected chi connectivity index (χ2v) is 7.51. The van der Waals surface area contributed by atoms with Gasteiger partial charge in [-0.1, -0.05) is 12.1 Å². The number of rotatable bonds is 2. The van der Waals surface area contributed by atoms with Crippen molar-refractivity contribution in [2.24, 2.45) is 0 Å². The van der Waals surface area contributed by atoms with Crippen LogP contribution < -0.4 is 5.32 Å². The summed E-state index contributed by atoms with van der Waals surface area (Å²) in [4.78, 5) is 2.15. The summed E-state index contributed by atoms with van der Waals surface area (Å²) < 4.78 is 0.716. The summed E-state index contributed by atoms with van der Waals surface area (Å²) in [5.74, 6) is 0.494. The third kappa shape index (κ3) is 2.90. The number of halogens is 1. The first-order chi connectivity index (χ1) is 13.1. The van der Waals surface area contributed by atoms with Crippen molar-refractivity contribution in [3.63, 3.8) is 0 Å². The van der Waals surface area contributed by atoms with Crippen molar-refractivity contribution in [3.05, 3.63) is 68.6 Å². The van der Waals surface area contributed by atoms with Crippen LogP contribution in [0.3, 0.4) is 0 Å².